The van der Waals surface area contributed by atoms with Crippen LogP contribution < -0.4 is 5.32 Å². The van der Waals surface area contributed by atoms with Gasteiger partial charge in [0, 0.05) is 25.2 Å². The van der Waals surface area contributed by atoms with Gasteiger partial charge in [-0.15, -0.1) is 0 Å². The van der Waals surface area contributed by atoms with Gasteiger partial charge in [-0.2, -0.15) is 13.2 Å². The highest BCUT2D eigenvalue weighted by atomic mass is 35.5. The molecule has 2 aromatic rings. The van der Waals surface area contributed by atoms with Crippen LogP contribution in [0.3, 0.4) is 0 Å². The van der Waals surface area contributed by atoms with Gasteiger partial charge in [0.15, 0.2) is 0 Å². The lowest BCUT2D eigenvalue weighted by Crippen LogP contribution is -2.50. The molecule has 0 bridgehead atoms. The van der Waals surface area contributed by atoms with Crippen LogP contribution in [0, 0.1) is 0 Å². The van der Waals surface area contributed by atoms with Crippen molar-refractivity contribution in [2.75, 3.05) is 13.6 Å². The predicted molar refractivity (Wildman–Crippen MR) is 119 cm³/mol. The number of nitrogens with zero attached hydrogens (tertiary/aromatic N) is 2. The summed E-state index contributed by atoms with van der Waals surface area (Å²) in [6.45, 7) is 0.864. The Bertz CT molecular complexity index is 1040. The molecule has 4 rings (SSSR count). The van der Waals surface area contributed by atoms with E-state index in [9.17, 15) is 22.8 Å². The summed E-state index contributed by atoms with van der Waals surface area (Å²) in [5.41, 5.74) is 1.57. The summed E-state index contributed by atoms with van der Waals surface area (Å²) < 4.78 is 39.0. The lowest BCUT2D eigenvalue weighted by molar-refractivity contribution is -0.137. The van der Waals surface area contributed by atoms with Crippen molar-refractivity contribution in [2.45, 2.75) is 50.5 Å². The first-order valence-corrected chi connectivity index (χ1v) is 11.3. The number of likely N-dealkylation sites (N-methyl/N-ethyl adjacent to an activating group) is 1. The highest BCUT2D eigenvalue weighted by molar-refractivity contribution is 6.30. The molecule has 2 atom stereocenters. The first kappa shape index (κ1) is 23.4. The van der Waals surface area contributed by atoms with Crippen LogP contribution in [0.2, 0.25) is 5.02 Å². The van der Waals surface area contributed by atoms with Gasteiger partial charge >= 0.3 is 12.2 Å². The molecule has 176 valence electrons. The number of carbonyl (C=O) groups excluding carboxylic acids is 2. The Balaban J connectivity index is 1.40. The van der Waals surface area contributed by atoms with Gasteiger partial charge in [0.25, 0.3) is 0 Å². The summed E-state index contributed by atoms with van der Waals surface area (Å²) in [5.74, 6) is -0.140. The summed E-state index contributed by atoms with van der Waals surface area (Å²) >= 11 is 5.92. The van der Waals surface area contributed by atoms with Crippen LogP contribution in [0.1, 0.15) is 47.6 Å². The lowest BCUT2D eigenvalue weighted by atomic mass is 10.0. The first-order valence-electron chi connectivity index (χ1n) is 10.9. The second-order valence-electron chi connectivity index (χ2n) is 8.62. The minimum atomic E-state index is -4.39. The molecule has 1 unspecified atom stereocenters. The smallest absolute Gasteiger partial charge is 0.340 e. The average molecular weight is 480 g/mol. The largest absolute Gasteiger partial charge is 0.416 e. The molecule has 1 N–H and O–H groups in total. The number of halogens is 4. The van der Waals surface area contributed by atoms with Gasteiger partial charge in [-0.1, -0.05) is 29.8 Å². The van der Waals surface area contributed by atoms with Gasteiger partial charge in [0.05, 0.1) is 11.6 Å². The van der Waals surface area contributed by atoms with E-state index in [1.54, 1.807) is 29.0 Å². The van der Waals surface area contributed by atoms with E-state index < -0.39 is 17.8 Å². The van der Waals surface area contributed by atoms with Crippen LogP contribution in [-0.2, 0) is 23.9 Å². The van der Waals surface area contributed by atoms with E-state index in [2.05, 4.69) is 5.32 Å². The van der Waals surface area contributed by atoms with E-state index in [-0.39, 0.29) is 18.0 Å². The van der Waals surface area contributed by atoms with E-state index in [0.717, 1.165) is 24.1 Å². The molecule has 2 aromatic carbocycles. The van der Waals surface area contributed by atoms with Crippen LogP contribution in [0.5, 0.6) is 0 Å². The maximum absolute atomic E-state index is 13.1. The molecule has 0 radical (unpaired) electrons. The number of nitrogens with one attached hydrogen (secondary N) is 1. The second kappa shape index (κ2) is 9.25. The highest BCUT2D eigenvalue weighted by Gasteiger charge is 2.38. The normalized spacial score (nSPS) is 20.0. The Kier molecular flexibility index (Phi) is 6.56. The van der Waals surface area contributed by atoms with Crippen molar-refractivity contribution >= 4 is 23.5 Å². The number of benzene rings is 2. The molecular formula is C24H25ClF3N3O2. The molecule has 1 aliphatic carbocycles. The van der Waals surface area contributed by atoms with E-state index >= 15 is 0 Å². The molecule has 1 fully saturated rings. The quantitative estimate of drug-likeness (QED) is 0.657. The summed E-state index contributed by atoms with van der Waals surface area (Å²) in [7, 11) is 1.71. The number of amides is 3. The fourth-order valence-electron chi connectivity index (χ4n) is 4.64. The molecular weight excluding hydrogens is 455 g/mol. The number of rotatable bonds is 4. The zero-order valence-corrected chi connectivity index (χ0v) is 18.9. The number of aryl methyl sites for hydroxylation is 1. The van der Waals surface area contributed by atoms with Crippen LogP contribution in [0.4, 0.5) is 18.0 Å². The van der Waals surface area contributed by atoms with Gasteiger partial charge in [0.1, 0.15) is 6.04 Å². The van der Waals surface area contributed by atoms with Crippen molar-refractivity contribution in [3.63, 3.8) is 0 Å². The molecule has 1 heterocycles. The summed E-state index contributed by atoms with van der Waals surface area (Å²) in [6, 6.07) is 9.62. The third-order valence-electron chi connectivity index (χ3n) is 6.35. The third kappa shape index (κ3) is 5.11. The Morgan fingerprint density at radius 2 is 1.88 bits per heavy atom. The summed E-state index contributed by atoms with van der Waals surface area (Å²) in [6.07, 6.45) is -2.10. The van der Waals surface area contributed by atoms with Crippen molar-refractivity contribution in [3.05, 3.63) is 69.7 Å². The monoisotopic (exact) mass is 479 g/mol. The van der Waals surface area contributed by atoms with Crippen LogP contribution >= 0.6 is 11.6 Å². The van der Waals surface area contributed by atoms with Crippen LogP contribution in [0.15, 0.2) is 42.5 Å². The molecule has 3 amide bonds. The standard InChI is InChI=1S/C24H25ClF3N3O2/c1-30(14-15-4-8-18(25)9-5-15)22(32)21-3-2-12-31(21)23(33)29-20-11-6-16-13-17(24(26,27)28)7-10-19(16)20/h4-5,7-10,13,20-21H,2-3,6,11-12,14H2,1H3,(H,29,33)/t20?,21-/m1/s1. The molecule has 1 aliphatic heterocycles. The van der Waals surface area contributed by atoms with Crippen molar-refractivity contribution in [1.29, 1.82) is 0 Å². The molecule has 33 heavy (non-hydrogen) atoms. The van der Waals surface area contributed by atoms with Gasteiger partial charge in [-0.3, -0.25) is 4.79 Å². The first-order chi connectivity index (χ1) is 15.6. The fraction of sp³-hybridized carbons (Fsp3) is 0.417. The maximum Gasteiger partial charge on any atom is 0.416 e. The molecule has 9 heteroatoms. The Labute approximate surface area is 195 Å². The summed E-state index contributed by atoms with van der Waals surface area (Å²) in [5, 5.41) is 3.56. The number of carbonyl (C=O) groups is 2. The van der Waals surface area contributed by atoms with Crippen LogP contribution in [-0.4, -0.2) is 41.4 Å². The number of likely N-dealkylation sites (tertiary alicyclic amines) is 1. The van der Waals surface area contributed by atoms with Crippen molar-refractivity contribution < 1.29 is 22.8 Å². The van der Waals surface area contributed by atoms with Gasteiger partial charge in [-0.25, -0.2) is 4.79 Å². The minimum absolute atomic E-state index is 0.140. The van der Waals surface area contributed by atoms with Gasteiger partial charge < -0.3 is 15.1 Å². The van der Waals surface area contributed by atoms with Crippen molar-refractivity contribution in [3.8, 4) is 0 Å². The number of fused-ring (bicyclic) bond motifs is 1. The lowest BCUT2D eigenvalue weighted by Gasteiger charge is -2.29. The topological polar surface area (TPSA) is 52.7 Å². The predicted octanol–water partition coefficient (Wildman–Crippen LogP) is 5.18. The molecule has 2 aliphatic rings. The van der Waals surface area contributed by atoms with Crippen molar-refractivity contribution in [1.82, 2.24) is 15.1 Å². The Morgan fingerprint density at radius 1 is 1.15 bits per heavy atom. The molecule has 1 saturated heterocycles. The fourth-order valence-corrected chi connectivity index (χ4v) is 4.76. The average Bonchev–Trinajstić information content (AvgIpc) is 3.41. The van der Waals surface area contributed by atoms with E-state index in [0.29, 0.717) is 48.5 Å². The van der Waals surface area contributed by atoms with Crippen molar-refractivity contribution in [2.24, 2.45) is 0 Å². The highest BCUT2D eigenvalue weighted by Crippen LogP contribution is 2.37. The number of alkyl halides is 3. The maximum atomic E-state index is 13.1. The van der Waals surface area contributed by atoms with E-state index in [1.165, 1.54) is 6.07 Å². The van der Waals surface area contributed by atoms with Gasteiger partial charge in [0.2, 0.25) is 5.91 Å². The SMILES string of the molecule is CN(Cc1ccc(Cl)cc1)C(=O)[C@H]1CCCN1C(=O)NC1CCc2cc(C(F)(F)F)ccc21. The molecule has 5 nitrogen and oxygen atoms in total. The number of urea groups is 1. The second-order valence-corrected chi connectivity index (χ2v) is 9.06. The summed E-state index contributed by atoms with van der Waals surface area (Å²) in [4.78, 5) is 29.2. The van der Waals surface area contributed by atoms with Crippen LogP contribution in [0.25, 0.3) is 0 Å². The molecule has 0 aromatic heterocycles. The van der Waals surface area contributed by atoms with E-state index in [1.807, 2.05) is 12.1 Å². The Hall–Kier alpha value is -2.74. The zero-order valence-electron chi connectivity index (χ0n) is 18.2. The molecule has 0 spiro atoms. The van der Waals surface area contributed by atoms with Gasteiger partial charge in [-0.05, 0) is 66.6 Å². The van der Waals surface area contributed by atoms with E-state index in [4.69, 9.17) is 11.6 Å². The molecule has 0 saturated carbocycles. The third-order valence-corrected chi connectivity index (χ3v) is 6.61. The minimum Gasteiger partial charge on any atom is -0.340 e. The zero-order chi connectivity index (χ0) is 23.8. The number of hydrogen-bond acceptors (Lipinski definition) is 2. The number of hydrogen-bond donors (Lipinski definition) is 1. The Morgan fingerprint density at radius 3 is 2.58 bits per heavy atom.